The van der Waals surface area contributed by atoms with E-state index in [1.54, 1.807) is 41.0 Å². The van der Waals surface area contributed by atoms with Crippen molar-refractivity contribution in [3.05, 3.63) is 81.5 Å². The maximum Gasteiger partial charge on any atom is 0.291 e. The Morgan fingerprint density at radius 1 is 1.13 bits per heavy atom. The number of amides is 3. The second-order valence-corrected chi connectivity index (χ2v) is 15.4. The van der Waals surface area contributed by atoms with E-state index in [2.05, 4.69) is 25.5 Å². The van der Waals surface area contributed by atoms with Crippen molar-refractivity contribution in [2.24, 2.45) is 12.5 Å². The van der Waals surface area contributed by atoms with E-state index >= 15 is 0 Å². The molecule has 12 nitrogen and oxygen atoms in total. The predicted octanol–water partition coefficient (Wildman–Crippen LogP) is 5.02. The SMILES string of the molecule is [2H]CN1CCC[C@H]1C(=O)N1CCc2c(nc(C(=O)Nc3cccc(-c4ccnc(-c5ccc(CN6CC7(CNC(=O)C7)C6)c(OC)c5)c4Cl)c3Cl)n2C)C1. The molecule has 3 fully saturated rings. The molecule has 276 valence electrons. The summed E-state index contributed by atoms with van der Waals surface area (Å²) in [5.74, 6) is 0.683. The first kappa shape index (κ1) is 34.3. The lowest BCUT2D eigenvalue weighted by Crippen LogP contribution is -2.56. The summed E-state index contributed by atoms with van der Waals surface area (Å²) in [4.78, 5) is 54.1. The van der Waals surface area contributed by atoms with Crippen LogP contribution in [0.4, 0.5) is 5.69 Å². The van der Waals surface area contributed by atoms with E-state index < -0.39 is 5.91 Å². The smallest absolute Gasteiger partial charge is 0.291 e. The fourth-order valence-electron chi connectivity index (χ4n) is 8.36. The van der Waals surface area contributed by atoms with E-state index in [0.29, 0.717) is 70.7 Å². The van der Waals surface area contributed by atoms with Gasteiger partial charge in [0.2, 0.25) is 11.8 Å². The van der Waals surface area contributed by atoms with Crippen LogP contribution in [0.2, 0.25) is 10.0 Å². The van der Waals surface area contributed by atoms with Crippen molar-refractivity contribution in [3.8, 4) is 28.1 Å². The molecule has 0 saturated carbocycles. The zero-order valence-electron chi connectivity index (χ0n) is 30.8. The number of benzene rings is 2. The molecular weight excluding hydrogens is 715 g/mol. The maximum atomic E-state index is 13.7. The van der Waals surface area contributed by atoms with Crippen LogP contribution in [0.5, 0.6) is 5.75 Å². The van der Waals surface area contributed by atoms with Crippen molar-refractivity contribution in [2.75, 3.05) is 52.2 Å². The fraction of sp³-hybridized carbons (Fsp3) is 0.410. The number of likely N-dealkylation sites (tertiary alicyclic amines) is 2. The third-order valence-electron chi connectivity index (χ3n) is 11.1. The van der Waals surface area contributed by atoms with Gasteiger partial charge >= 0.3 is 0 Å². The molecule has 2 N–H and O–H groups in total. The number of ether oxygens (including phenoxy) is 1. The highest BCUT2D eigenvalue weighted by molar-refractivity contribution is 6.39. The summed E-state index contributed by atoms with van der Waals surface area (Å²) in [5.41, 5.74) is 5.73. The van der Waals surface area contributed by atoms with Crippen LogP contribution in [-0.2, 0) is 36.1 Å². The number of nitrogens with one attached hydrogen (secondary N) is 2. The number of anilines is 1. The van der Waals surface area contributed by atoms with Gasteiger partial charge in [0.05, 0.1) is 46.8 Å². The molecule has 4 aromatic rings. The van der Waals surface area contributed by atoms with Gasteiger partial charge in [-0.3, -0.25) is 29.2 Å². The van der Waals surface area contributed by atoms with Crippen molar-refractivity contribution in [1.82, 2.24) is 34.6 Å². The van der Waals surface area contributed by atoms with Crippen molar-refractivity contribution < 1.29 is 20.5 Å². The second kappa shape index (κ2) is 14.1. The summed E-state index contributed by atoms with van der Waals surface area (Å²) in [5, 5.41) is 6.62. The number of hydrogen-bond acceptors (Lipinski definition) is 8. The minimum atomic E-state index is -0.421. The molecule has 4 aliphatic rings. The molecule has 3 saturated heterocycles. The fourth-order valence-corrected chi connectivity index (χ4v) is 8.95. The molecule has 14 heteroatoms. The highest BCUT2D eigenvalue weighted by atomic mass is 35.5. The highest BCUT2D eigenvalue weighted by Crippen LogP contribution is 2.42. The number of imidazole rings is 1. The molecule has 2 aromatic carbocycles. The van der Waals surface area contributed by atoms with Crippen LogP contribution in [0.25, 0.3) is 22.4 Å². The van der Waals surface area contributed by atoms with Crippen LogP contribution in [0.1, 0.15) is 48.2 Å². The van der Waals surface area contributed by atoms with Gasteiger partial charge in [-0.2, -0.15) is 0 Å². The van der Waals surface area contributed by atoms with Crippen molar-refractivity contribution in [2.45, 2.75) is 44.8 Å². The lowest BCUT2D eigenvalue weighted by Gasteiger charge is -2.47. The molecule has 1 spiro atoms. The summed E-state index contributed by atoms with van der Waals surface area (Å²) in [6.45, 7) is 4.80. The third kappa shape index (κ3) is 6.56. The van der Waals surface area contributed by atoms with Crippen LogP contribution in [0.3, 0.4) is 0 Å². The molecule has 0 unspecified atom stereocenters. The largest absolute Gasteiger partial charge is 0.496 e. The Morgan fingerprint density at radius 2 is 1.96 bits per heavy atom. The average Bonchev–Trinajstić information content (AvgIpc) is 3.89. The van der Waals surface area contributed by atoms with Gasteiger partial charge in [-0.25, -0.2) is 4.98 Å². The van der Waals surface area contributed by atoms with Crippen molar-refractivity contribution >= 4 is 46.6 Å². The zero-order chi connectivity index (χ0) is 37.7. The number of likely N-dealkylation sites (N-methyl/N-ethyl adjacent to an activating group) is 1. The number of halogens is 2. The molecule has 6 heterocycles. The Hall–Kier alpha value is -4.49. The van der Waals surface area contributed by atoms with E-state index in [-0.39, 0.29) is 36.1 Å². The molecule has 4 aliphatic heterocycles. The minimum absolute atomic E-state index is 0.0253. The quantitative estimate of drug-likeness (QED) is 0.257. The third-order valence-corrected chi connectivity index (χ3v) is 11.9. The first-order chi connectivity index (χ1) is 26.1. The van der Waals surface area contributed by atoms with Gasteiger partial charge in [0, 0.05) is 93.5 Å². The summed E-state index contributed by atoms with van der Waals surface area (Å²) < 4.78 is 15.4. The normalized spacial score (nSPS) is 19.8. The van der Waals surface area contributed by atoms with Gasteiger partial charge in [-0.05, 0) is 44.6 Å². The van der Waals surface area contributed by atoms with Crippen molar-refractivity contribution in [3.63, 3.8) is 0 Å². The number of nitrogens with zero attached hydrogens (tertiary/aromatic N) is 6. The first-order valence-electron chi connectivity index (χ1n) is 18.6. The Kier molecular flexibility index (Phi) is 9.09. The topological polar surface area (TPSA) is 125 Å². The van der Waals surface area contributed by atoms with E-state index in [1.165, 1.54) is 0 Å². The Bertz CT molecular complexity index is 2150. The average molecular weight is 759 g/mol. The molecule has 8 rings (SSSR count). The molecule has 0 radical (unpaired) electrons. The van der Waals surface area contributed by atoms with Gasteiger partial charge in [0.15, 0.2) is 5.82 Å². The summed E-state index contributed by atoms with van der Waals surface area (Å²) in [7, 11) is 3.56. The number of carbonyl (C=O) groups is 3. The Morgan fingerprint density at radius 3 is 2.74 bits per heavy atom. The number of rotatable bonds is 8. The monoisotopic (exact) mass is 757 g/mol. The predicted molar refractivity (Wildman–Crippen MR) is 203 cm³/mol. The van der Waals surface area contributed by atoms with Gasteiger partial charge in [0.25, 0.3) is 5.91 Å². The van der Waals surface area contributed by atoms with Gasteiger partial charge < -0.3 is 24.8 Å². The van der Waals surface area contributed by atoms with Crippen LogP contribution >= 0.6 is 23.2 Å². The van der Waals surface area contributed by atoms with E-state index in [0.717, 1.165) is 61.6 Å². The molecule has 0 bridgehead atoms. The number of methoxy groups -OCH3 is 1. The number of aromatic nitrogens is 3. The molecular formula is C39H42Cl2N8O4. The second-order valence-electron chi connectivity index (χ2n) is 14.6. The number of pyridine rings is 1. The molecule has 53 heavy (non-hydrogen) atoms. The first-order valence-corrected chi connectivity index (χ1v) is 18.6. The Labute approximate surface area is 319 Å². The molecule has 2 aromatic heterocycles. The highest BCUT2D eigenvalue weighted by Gasteiger charge is 2.48. The lowest BCUT2D eigenvalue weighted by molar-refractivity contribution is -0.136. The molecule has 0 aliphatic carbocycles. The summed E-state index contributed by atoms with van der Waals surface area (Å²) >= 11 is 14.0. The Balaban J connectivity index is 0.982. The maximum absolute atomic E-state index is 13.7. The standard InChI is InChI=1S/C39H42Cl2N8O4/c1-46-14-5-8-30(46)38(52)49-15-12-29-28(19-49)44-36(47(29)2)37(51)45-27-7-4-6-25(33(27)40)26-11-13-42-35(34(26)41)23-9-10-24(31(16-23)53-3)18-48-21-39(22-48)17-32(50)43-20-39/h4,6-7,9-11,13,16,30H,5,8,12,14-15,17-22H2,1-3H3,(H,43,50)(H,45,51)/t30-/m0/s1/i1D. The van der Waals surface area contributed by atoms with Crippen molar-refractivity contribution in [1.29, 1.82) is 0 Å². The number of carbonyl (C=O) groups excluding carboxylic acids is 3. The van der Waals surface area contributed by atoms with Gasteiger partial charge in [0.1, 0.15) is 5.75 Å². The molecule has 1 atom stereocenters. The number of hydrogen-bond donors (Lipinski definition) is 2. The van der Waals surface area contributed by atoms with Crippen LogP contribution in [-0.4, -0.2) is 99.9 Å². The summed E-state index contributed by atoms with van der Waals surface area (Å²) in [6, 6.07) is 12.8. The van der Waals surface area contributed by atoms with E-state index in [9.17, 15) is 14.4 Å². The van der Waals surface area contributed by atoms with E-state index in [4.69, 9.17) is 29.3 Å². The van der Waals surface area contributed by atoms with Crippen LogP contribution in [0, 0.1) is 5.41 Å². The summed E-state index contributed by atoms with van der Waals surface area (Å²) in [6.07, 6.45) is 4.52. The van der Waals surface area contributed by atoms with Gasteiger partial charge in [-0.15, -0.1) is 0 Å². The molecule has 3 amide bonds. The minimum Gasteiger partial charge on any atom is -0.496 e. The van der Waals surface area contributed by atoms with Crippen LogP contribution in [0.15, 0.2) is 48.7 Å². The zero-order valence-corrected chi connectivity index (χ0v) is 31.3. The van der Waals surface area contributed by atoms with E-state index in [1.807, 2.05) is 36.2 Å². The lowest BCUT2D eigenvalue weighted by atomic mass is 9.79. The van der Waals surface area contributed by atoms with Gasteiger partial charge in [-0.1, -0.05) is 47.5 Å². The number of fused-ring (bicyclic) bond motifs is 1. The van der Waals surface area contributed by atoms with Crippen LogP contribution < -0.4 is 15.4 Å².